The summed E-state index contributed by atoms with van der Waals surface area (Å²) in [5, 5.41) is 9.18. The molecule has 0 fully saturated rings. The number of hydrogen-bond acceptors (Lipinski definition) is 5. The van der Waals surface area contributed by atoms with Gasteiger partial charge in [0, 0.05) is 25.7 Å². The molecule has 7 heteroatoms. The third-order valence-electron chi connectivity index (χ3n) is 2.30. The molecule has 0 bridgehead atoms. The van der Waals surface area contributed by atoms with E-state index in [0.717, 1.165) is 12.1 Å². The van der Waals surface area contributed by atoms with Crippen LogP contribution in [-0.4, -0.2) is 47.6 Å². The third kappa shape index (κ3) is 3.62. The molecule has 1 aromatic rings. The molecule has 0 atom stereocenters. The minimum Gasteiger partial charge on any atom is -0.494 e. The van der Waals surface area contributed by atoms with Crippen LogP contribution in [0.3, 0.4) is 0 Å². The fourth-order valence-electron chi connectivity index (χ4n) is 1.34. The zero-order valence-corrected chi connectivity index (χ0v) is 10.1. The Balaban J connectivity index is 2.74. The van der Waals surface area contributed by atoms with E-state index in [0.29, 0.717) is 0 Å². The summed E-state index contributed by atoms with van der Waals surface area (Å²) in [5.74, 6) is -1.27. The molecule has 0 unspecified atom stereocenters. The molecule has 98 valence electrons. The standard InChI is InChI=1S/C11H14N2O5/c1-13(4-3-10(16)18-2)11(17)7-5-8(14)12-9(15)6-7/h5-6H,3-4H2,1-2H3,(H2,12,14,15). The third-order valence-corrected chi connectivity index (χ3v) is 2.30. The molecule has 0 saturated carbocycles. The van der Waals surface area contributed by atoms with Crippen LogP contribution in [-0.2, 0) is 9.53 Å². The van der Waals surface area contributed by atoms with E-state index in [2.05, 4.69) is 9.72 Å². The smallest absolute Gasteiger partial charge is 0.307 e. The van der Waals surface area contributed by atoms with Crippen molar-refractivity contribution in [2.45, 2.75) is 6.42 Å². The van der Waals surface area contributed by atoms with E-state index in [4.69, 9.17) is 0 Å². The van der Waals surface area contributed by atoms with Gasteiger partial charge < -0.3 is 14.7 Å². The predicted octanol–water partition coefficient (Wildman–Crippen LogP) is -0.284. The monoisotopic (exact) mass is 254 g/mol. The summed E-state index contributed by atoms with van der Waals surface area (Å²) in [6, 6.07) is 2.23. The molecule has 1 heterocycles. The number of methoxy groups -OCH3 is 1. The van der Waals surface area contributed by atoms with Gasteiger partial charge in [0.15, 0.2) is 5.88 Å². The molecule has 1 aromatic heterocycles. The van der Waals surface area contributed by atoms with Gasteiger partial charge in [-0.05, 0) is 0 Å². The Morgan fingerprint density at radius 3 is 2.67 bits per heavy atom. The number of pyridine rings is 1. The van der Waals surface area contributed by atoms with Crippen LogP contribution in [0.1, 0.15) is 16.8 Å². The van der Waals surface area contributed by atoms with Gasteiger partial charge in [0.1, 0.15) is 0 Å². The number of amides is 1. The number of nitrogens with one attached hydrogen (secondary N) is 1. The predicted molar refractivity (Wildman–Crippen MR) is 62.3 cm³/mol. The summed E-state index contributed by atoms with van der Waals surface area (Å²) in [5.41, 5.74) is -0.511. The largest absolute Gasteiger partial charge is 0.494 e. The minimum atomic E-state index is -0.570. The van der Waals surface area contributed by atoms with Crippen molar-refractivity contribution in [3.63, 3.8) is 0 Å². The van der Waals surface area contributed by atoms with Gasteiger partial charge in [-0.1, -0.05) is 0 Å². The lowest BCUT2D eigenvalue weighted by molar-refractivity contribution is -0.140. The summed E-state index contributed by atoms with van der Waals surface area (Å²) < 4.78 is 4.45. The number of hydrogen-bond donors (Lipinski definition) is 2. The van der Waals surface area contributed by atoms with Crippen molar-refractivity contribution in [2.24, 2.45) is 0 Å². The van der Waals surface area contributed by atoms with E-state index in [1.165, 1.54) is 19.1 Å². The summed E-state index contributed by atoms with van der Waals surface area (Å²) in [6.07, 6.45) is 0.0634. The molecule has 18 heavy (non-hydrogen) atoms. The molecule has 0 spiro atoms. The summed E-state index contributed by atoms with van der Waals surface area (Å²) in [6.45, 7) is 0.166. The number of aromatic amines is 1. The highest BCUT2D eigenvalue weighted by Crippen LogP contribution is 2.07. The number of aromatic hydroxyl groups is 1. The molecular weight excluding hydrogens is 240 g/mol. The average Bonchev–Trinajstić information content (AvgIpc) is 2.33. The lowest BCUT2D eigenvalue weighted by Gasteiger charge is -2.16. The quantitative estimate of drug-likeness (QED) is 0.719. The topological polar surface area (TPSA) is 99.7 Å². The molecule has 2 N–H and O–H groups in total. The van der Waals surface area contributed by atoms with E-state index < -0.39 is 17.4 Å². The van der Waals surface area contributed by atoms with Crippen LogP contribution in [0, 0.1) is 0 Å². The lowest BCUT2D eigenvalue weighted by Crippen LogP contribution is -2.30. The Labute approximate surface area is 103 Å². The fraction of sp³-hybridized carbons (Fsp3) is 0.364. The summed E-state index contributed by atoms with van der Waals surface area (Å²) >= 11 is 0. The SMILES string of the molecule is COC(=O)CCN(C)C(=O)c1cc(O)[nH]c(=O)c1. The highest BCUT2D eigenvalue weighted by molar-refractivity contribution is 5.94. The molecule has 0 aliphatic heterocycles. The zero-order chi connectivity index (χ0) is 13.7. The van der Waals surface area contributed by atoms with E-state index in [9.17, 15) is 19.5 Å². The second kappa shape index (κ2) is 5.85. The fourth-order valence-corrected chi connectivity index (χ4v) is 1.34. The van der Waals surface area contributed by atoms with Crippen LogP contribution in [0.2, 0.25) is 0 Å². The molecule has 0 aromatic carbocycles. The first-order chi connectivity index (χ1) is 8.43. The Bertz CT molecular complexity index is 508. The molecule has 0 radical (unpaired) electrons. The average molecular weight is 254 g/mol. The van der Waals surface area contributed by atoms with Crippen molar-refractivity contribution in [1.29, 1.82) is 0 Å². The Morgan fingerprint density at radius 1 is 1.44 bits per heavy atom. The molecular formula is C11H14N2O5. The van der Waals surface area contributed by atoms with Crippen molar-refractivity contribution in [2.75, 3.05) is 20.7 Å². The van der Waals surface area contributed by atoms with Crippen molar-refractivity contribution >= 4 is 11.9 Å². The second-order valence-corrected chi connectivity index (χ2v) is 3.67. The highest BCUT2D eigenvalue weighted by Gasteiger charge is 2.14. The van der Waals surface area contributed by atoms with Crippen molar-refractivity contribution < 1.29 is 19.4 Å². The first-order valence-corrected chi connectivity index (χ1v) is 5.19. The maximum absolute atomic E-state index is 11.9. The molecule has 1 rings (SSSR count). The van der Waals surface area contributed by atoms with Crippen LogP contribution in [0.25, 0.3) is 0 Å². The molecule has 0 aliphatic rings. The maximum atomic E-state index is 11.9. The van der Waals surface area contributed by atoms with Crippen LogP contribution >= 0.6 is 0 Å². The van der Waals surface area contributed by atoms with E-state index in [1.807, 2.05) is 0 Å². The number of aromatic nitrogens is 1. The number of esters is 1. The molecule has 1 amide bonds. The van der Waals surface area contributed by atoms with Gasteiger partial charge in [-0.25, -0.2) is 0 Å². The van der Waals surface area contributed by atoms with E-state index in [1.54, 1.807) is 0 Å². The Hall–Kier alpha value is -2.31. The van der Waals surface area contributed by atoms with Crippen LogP contribution in [0.15, 0.2) is 16.9 Å². The van der Waals surface area contributed by atoms with Crippen LogP contribution < -0.4 is 5.56 Å². The number of rotatable bonds is 4. The van der Waals surface area contributed by atoms with Crippen LogP contribution in [0.4, 0.5) is 0 Å². The lowest BCUT2D eigenvalue weighted by atomic mass is 10.2. The maximum Gasteiger partial charge on any atom is 0.307 e. The van der Waals surface area contributed by atoms with E-state index >= 15 is 0 Å². The van der Waals surface area contributed by atoms with Gasteiger partial charge in [-0.3, -0.25) is 19.4 Å². The number of H-pyrrole nitrogens is 1. The van der Waals surface area contributed by atoms with Gasteiger partial charge in [-0.2, -0.15) is 0 Å². The molecule has 0 aliphatic carbocycles. The first kappa shape index (κ1) is 13.8. The number of nitrogens with zero attached hydrogens (tertiary/aromatic N) is 1. The molecule has 0 saturated heterocycles. The second-order valence-electron chi connectivity index (χ2n) is 3.67. The summed E-state index contributed by atoms with van der Waals surface area (Å²) in [7, 11) is 2.75. The zero-order valence-electron chi connectivity index (χ0n) is 10.1. The number of carbonyl (C=O) groups excluding carboxylic acids is 2. The van der Waals surface area contributed by atoms with Gasteiger partial charge in [-0.15, -0.1) is 0 Å². The van der Waals surface area contributed by atoms with E-state index in [-0.39, 0.29) is 24.4 Å². The number of ether oxygens (including phenoxy) is 1. The van der Waals surface area contributed by atoms with Gasteiger partial charge in [0.05, 0.1) is 19.1 Å². The summed E-state index contributed by atoms with van der Waals surface area (Å²) in [4.78, 5) is 37.3. The van der Waals surface area contributed by atoms with Gasteiger partial charge >= 0.3 is 5.97 Å². The van der Waals surface area contributed by atoms with Gasteiger partial charge in [0.2, 0.25) is 0 Å². The van der Waals surface area contributed by atoms with Crippen molar-refractivity contribution in [3.05, 3.63) is 28.0 Å². The van der Waals surface area contributed by atoms with Crippen LogP contribution in [0.5, 0.6) is 5.88 Å². The van der Waals surface area contributed by atoms with Gasteiger partial charge in [0.25, 0.3) is 11.5 Å². The first-order valence-electron chi connectivity index (χ1n) is 5.19. The minimum absolute atomic E-state index is 0.0589. The normalized spacial score (nSPS) is 9.89. The Kier molecular flexibility index (Phi) is 4.47. The molecule has 7 nitrogen and oxygen atoms in total. The Morgan fingerprint density at radius 2 is 2.11 bits per heavy atom. The van der Waals surface area contributed by atoms with Crippen molar-refractivity contribution in [3.8, 4) is 5.88 Å². The number of carbonyl (C=O) groups is 2. The highest BCUT2D eigenvalue weighted by atomic mass is 16.5. The van der Waals surface area contributed by atoms with Crippen molar-refractivity contribution in [1.82, 2.24) is 9.88 Å².